The molecule has 0 bridgehead atoms. The number of fused-ring (bicyclic) bond motifs is 1. The van der Waals surface area contributed by atoms with Gasteiger partial charge in [-0.15, -0.1) is 0 Å². The number of nitrogens with zero attached hydrogens (tertiary/aromatic N) is 1. The molecule has 7 nitrogen and oxygen atoms in total. The first-order chi connectivity index (χ1) is 13.9. The highest BCUT2D eigenvalue weighted by atomic mass is 16.5. The maximum Gasteiger partial charge on any atom is 0.419 e. The molecule has 0 saturated heterocycles. The average molecular weight is 396 g/mol. The molecule has 0 aliphatic heterocycles. The number of aryl methyl sites for hydroxylation is 1. The van der Waals surface area contributed by atoms with E-state index in [0.717, 1.165) is 5.56 Å². The minimum atomic E-state index is -0.507. The van der Waals surface area contributed by atoms with E-state index in [1.807, 2.05) is 30.3 Å². The number of oxazole rings is 1. The number of rotatable bonds is 8. The second kappa shape index (κ2) is 9.23. The molecule has 152 valence electrons. The van der Waals surface area contributed by atoms with E-state index >= 15 is 0 Å². The number of benzene rings is 2. The number of carbonyl (C=O) groups excluding carboxylic acids is 2. The van der Waals surface area contributed by atoms with Gasteiger partial charge in [0.1, 0.15) is 0 Å². The lowest BCUT2D eigenvalue weighted by molar-refractivity contribution is -0.148. The second-order valence-corrected chi connectivity index (χ2v) is 7.01. The summed E-state index contributed by atoms with van der Waals surface area (Å²) in [6.45, 7) is 3.74. The summed E-state index contributed by atoms with van der Waals surface area (Å²) < 4.78 is 11.8. The summed E-state index contributed by atoms with van der Waals surface area (Å²) in [5.74, 6) is -1.15. The van der Waals surface area contributed by atoms with Crippen LogP contribution >= 0.6 is 0 Å². The molecule has 0 spiro atoms. The van der Waals surface area contributed by atoms with E-state index in [-0.39, 0.29) is 37.4 Å². The summed E-state index contributed by atoms with van der Waals surface area (Å²) >= 11 is 0. The van der Waals surface area contributed by atoms with Gasteiger partial charge in [-0.05, 0) is 31.5 Å². The third-order valence-electron chi connectivity index (χ3n) is 4.41. The van der Waals surface area contributed by atoms with Crippen LogP contribution < -0.4 is 11.1 Å². The molecule has 1 heterocycles. The molecule has 1 aromatic heterocycles. The van der Waals surface area contributed by atoms with Crippen molar-refractivity contribution in [3.63, 3.8) is 0 Å². The Labute approximate surface area is 168 Å². The summed E-state index contributed by atoms with van der Waals surface area (Å²) in [6, 6.07) is 15.8. The Morgan fingerprint density at radius 2 is 1.76 bits per heavy atom. The zero-order valence-corrected chi connectivity index (χ0v) is 16.5. The van der Waals surface area contributed by atoms with E-state index in [1.54, 1.807) is 38.1 Å². The first-order valence-corrected chi connectivity index (χ1v) is 9.56. The fourth-order valence-electron chi connectivity index (χ4n) is 3.12. The van der Waals surface area contributed by atoms with Crippen LogP contribution in [0.25, 0.3) is 11.1 Å². The standard InChI is InChI=1S/C22H24N2O5/c1-15(2)28-21(26)14-17(16-8-4-3-5-9-16)23-20(25)12-13-24-18-10-6-7-11-19(18)29-22(24)27/h3-11,15,17H,12-14H2,1-2H3,(H,23,25). The SMILES string of the molecule is CC(C)OC(=O)CC(NC(=O)CCn1c(=O)oc2ccccc21)c1ccccc1. The highest BCUT2D eigenvalue weighted by Crippen LogP contribution is 2.18. The minimum Gasteiger partial charge on any atom is -0.463 e. The van der Waals surface area contributed by atoms with Crippen LogP contribution in [0.2, 0.25) is 0 Å². The largest absolute Gasteiger partial charge is 0.463 e. The molecule has 3 aromatic rings. The van der Waals surface area contributed by atoms with Crippen molar-refractivity contribution in [1.82, 2.24) is 9.88 Å². The van der Waals surface area contributed by atoms with Gasteiger partial charge >= 0.3 is 11.7 Å². The summed E-state index contributed by atoms with van der Waals surface area (Å²) in [6.07, 6.45) is -0.120. The molecule has 0 radical (unpaired) electrons. The lowest BCUT2D eigenvalue weighted by atomic mass is 10.0. The fourth-order valence-corrected chi connectivity index (χ4v) is 3.12. The molecule has 7 heteroatoms. The first-order valence-electron chi connectivity index (χ1n) is 9.56. The smallest absolute Gasteiger partial charge is 0.419 e. The monoisotopic (exact) mass is 396 g/mol. The molecule has 0 fully saturated rings. The van der Waals surface area contributed by atoms with Gasteiger partial charge in [0.05, 0.1) is 24.1 Å². The lowest BCUT2D eigenvalue weighted by Gasteiger charge is -2.19. The maximum atomic E-state index is 12.6. The van der Waals surface area contributed by atoms with Crippen LogP contribution in [0.3, 0.4) is 0 Å². The van der Waals surface area contributed by atoms with Crippen LogP contribution in [-0.4, -0.2) is 22.5 Å². The van der Waals surface area contributed by atoms with Crippen LogP contribution in [0.1, 0.15) is 38.3 Å². The molecule has 0 aliphatic rings. The molecule has 0 saturated carbocycles. The molecule has 1 atom stereocenters. The molecule has 1 N–H and O–H groups in total. The molecular formula is C22H24N2O5. The van der Waals surface area contributed by atoms with Crippen LogP contribution in [0.15, 0.2) is 63.8 Å². The number of hydrogen-bond donors (Lipinski definition) is 1. The molecule has 1 unspecified atom stereocenters. The summed E-state index contributed by atoms with van der Waals surface area (Å²) in [5, 5.41) is 2.88. The van der Waals surface area contributed by atoms with Gasteiger partial charge in [-0.1, -0.05) is 42.5 Å². The van der Waals surface area contributed by atoms with Gasteiger partial charge in [0.25, 0.3) is 0 Å². The third kappa shape index (κ3) is 5.34. The van der Waals surface area contributed by atoms with E-state index in [4.69, 9.17) is 9.15 Å². The van der Waals surface area contributed by atoms with Crippen LogP contribution in [-0.2, 0) is 20.9 Å². The van der Waals surface area contributed by atoms with Crippen molar-refractivity contribution < 1.29 is 18.7 Å². The molecule has 1 amide bonds. The average Bonchev–Trinajstić information content (AvgIpc) is 3.01. The Morgan fingerprint density at radius 3 is 2.48 bits per heavy atom. The van der Waals surface area contributed by atoms with Gasteiger partial charge in [-0.3, -0.25) is 14.2 Å². The second-order valence-electron chi connectivity index (χ2n) is 7.01. The van der Waals surface area contributed by atoms with E-state index < -0.39 is 11.8 Å². The summed E-state index contributed by atoms with van der Waals surface area (Å²) in [4.78, 5) is 36.7. The Hall–Kier alpha value is -3.35. The fraction of sp³-hybridized carbons (Fsp3) is 0.318. The van der Waals surface area contributed by atoms with E-state index in [0.29, 0.717) is 11.1 Å². The normalized spacial score (nSPS) is 12.1. The molecule has 29 heavy (non-hydrogen) atoms. The highest BCUT2D eigenvalue weighted by Gasteiger charge is 2.20. The quantitative estimate of drug-likeness (QED) is 0.591. The van der Waals surface area contributed by atoms with Crippen molar-refractivity contribution in [2.75, 3.05) is 0 Å². The van der Waals surface area contributed by atoms with Crippen LogP contribution in [0, 0.1) is 0 Å². The molecule has 2 aromatic carbocycles. The Balaban J connectivity index is 1.68. The van der Waals surface area contributed by atoms with E-state index in [1.165, 1.54) is 4.57 Å². The van der Waals surface area contributed by atoms with Crippen molar-refractivity contribution in [3.8, 4) is 0 Å². The van der Waals surface area contributed by atoms with Gasteiger partial charge < -0.3 is 14.5 Å². The summed E-state index contributed by atoms with van der Waals surface area (Å²) in [7, 11) is 0. The number of amides is 1. The van der Waals surface area contributed by atoms with Crippen molar-refractivity contribution in [2.24, 2.45) is 0 Å². The number of para-hydroxylation sites is 2. The Kier molecular flexibility index (Phi) is 6.49. The first kappa shape index (κ1) is 20.4. The number of ether oxygens (including phenoxy) is 1. The molecule has 0 aliphatic carbocycles. The van der Waals surface area contributed by atoms with E-state index in [9.17, 15) is 14.4 Å². The molecular weight excluding hydrogens is 372 g/mol. The topological polar surface area (TPSA) is 90.5 Å². The number of hydrogen-bond acceptors (Lipinski definition) is 5. The third-order valence-corrected chi connectivity index (χ3v) is 4.41. The number of nitrogens with one attached hydrogen (secondary N) is 1. The Morgan fingerprint density at radius 1 is 1.07 bits per heavy atom. The maximum absolute atomic E-state index is 12.6. The lowest BCUT2D eigenvalue weighted by Crippen LogP contribution is -2.32. The minimum absolute atomic E-state index is 0.0303. The van der Waals surface area contributed by atoms with Gasteiger partial charge in [0, 0.05) is 13.0 Å². The van der Waals surface area contributed by atoms with Gasteiger partial charge in [0.15, 0.2) is 5.58 Å². The van der Waals surface area contributed by atoms with Gasteiger partial charge in [-0.2, -0.15) is 0 Å². The van der Waals surface area contributed by atoms with Crippen molar-refractivity contribution in [3.05, 3.63) is 70.7 Å². The number of aromatic nitrogens is 1. The highest BCUT2D eigenvalue weighted by molar-refractivity contribution is 5.78. The van der Waals surface area contributed by atoms with Crippen molar-refractivity contribution in [1.29, 1.82) is 0 Å². The zero-order valence-electron chi connectivity index (χ0n) is 16.5. The van der Waals surface area contributed by atoms with Crippen LogP contribution in [0.5, 0.6) is 0 Å². The number of carbonyl (C=O) groups is 2. The number of esters is 1. The van der Waals surface area contributed by atoms with Crippen LogP contribution in [0.4, 0.5) is 0 Å². The Bertz CT molecular complexity index is 1040. The summed E-state index contributed by atoms with van der Waals surface area (Å²) in [5.41, 5.74) is 1.94. The van der Waals surface area contributed by atoms with Gasteiger partial charge in [-0.25, -0.2) is 4.79 Å². The van der Waals surface area contributed by atoms with E-state index in [2.05, 4.69) is 5.32 Å². The molecule has 3 rings (SSSR count). The predicted octanol–water partition coefficient (Wildman–Crippen LogP) is 3.18. The predicted molar refractivity (Wildman–Crippen MR) is 108 cm³/mol. The zero-order chi connectivity index (χ0) is 20.8. The van der Waals surface area contributed by atoms with Crippen molar-refractivity contribution >= 4 is 23.0 Å². The van der Waals surface area contributed by atoms with Gasteiger partial charge in [0.2, 0.25) is 5.91 Å². The van der Waals surface area contributed by atoms with Crippen molar-refractivity contribution in [2.45, 2.75) is 45.4 Å².